The maximum absolute atomic E-state index is 13.8. The highest BCUT2D eigenvalue weighted by Gasteiger charge is 2.33. The summed E-state index contributed by atoms with van der Waals surface area (Å²) in [6.45, 7) is 2.02. The van der Waals surface area contributed by atoms with Gasteiger partial charge in [-0.2, -0.15) is 0 Å². The normalized spacial score (nSPS) is 15.2. The summed E-state index contributed by atoms with van der Waals surface area (Å²) < 4.78 is 13.1. The highest BCUT2D eigenvalue weighted by Crippen LogP contribution is 2.31. The van der Waals surface area contributed by atoms with Crippen LogP contribution >= 0.6 is 34.5 Å². The van der Waals surface area contributed by atoms with Crippen LogP contribution in [0.5, 0.6) is 5.75 Å². The fourth-order valence-electron chi connectivity index (χ4n) is 4.30. The predicted molar refractivity (Wildman–Crippen MR) is 149 cm³/mol. The molecule has 2 heterocycles. The number of aromatic nitrogens is 1. The number of carbonyl (C=O) groups excluding carboxylic acids is 1. The van der Waals surface area contributed by atoms with Gasteiger partial charge in [0, 0.05) is 21.2 Å². The molecule has 0 saturated carbocycles. The Morgan fingerprint density at radius 1 is 1.05 bits per heavy atom. The lowest BCUT2D eigenvalue weighted by molar-refractivity contribution is -0.136. The Hall–Kier alpha value is -3.65. The average molecular weight is 565 g/mol. The fraction of sp³-hybridized carbons (Fsp3) is 0.138. The number of nitrogens with zero attached hydrogens (tertiary/aromatic N) is 2. The van der Waals surface area contributed by atoms with Crippen molar-refractivity contribution < 1.29 is 14.3 Å². The van der Waals surface area contributed by atoms with Gasteiger partial charge in [0.2, 0.25) is 0 Å². The summed E-state index contributed by atoms with van der Waals surface area (Å²) in [5.41, 5.74) is 2.84. The molecule has 0 radical (unpaired) electrons. The molecule has 0 saturated heterocycles. The quantitative estimate of drug-likeness (QED) is 0.298. The number of hydrogen-bond donors (Lipinski definition) is 0. The largest absolute Gasteiger partial charge is 0.488 e. The van der Waals surface area contributed by atoms with Crippen molar-refractivity contribution >= 4 is 46.6 Å². The van der Waals surface area contributed by atoms with Gasteiger partial charge in [-0.25, -0.2) is 9.79 Å². The Kier molecular flexibility index (Phi) is 7.51. The summed E-state index contributed by atoms with van der Waals surface area (Å²) in [7, 11) is 1.31. The molecule has 0 bridgehead atoms. The van der Waals surface area contributed by atoms with Crippen molar-refractivity contribution in [2.24, 2.45) is 4.99 Å². The van der Waals surface area contributed by atoms with Gasteiger partial charge in [-0.3, -0.25) is 9.36 Å². The third-order valence-corrected chi connectivity index (χ3v) is 7.76. The second-order valence-corrected chi connectivity index (χ2v) is 10.4. The second-order valence-electron chi connectivity index (χ2n) is 8.54. The van der Waals surface area contributed by atoms with Crippen molar-refractivity contribution in [2.45, 2.75) is 19.6 Å². The molecule has 0 unspecified atom stereocenters. The minimum absolute atomic E-state index is 0.275. The zero-order chi connectivity index (χ0) is 26.8. The van der Waals surface area contributed by atoms with Gasteiger partial charge in [0.15, 0.2) is 4.80 Å². The van der Waals surface area contributed by atoms with Crippen LogP contribution in [-0.4, -0.2) is 17.6 Å². The van der Waals surface area contributed by atoms with E-state index in [0.29, 0.717) is 36.4 Å². The Labute approximate surface area is 232 Å². The Morgan fingerprint density at radius 2 is 1.76 bits per heavy atom. The van der Waals surface area contributed by atoms with E-state index < -0.39 is 12.0 Å². The first-order valence-electron chi connectivity index (χ1n) is 11.7. The first kappa shape index (κ1) is 26.0. The number of allylic oxidation sites excluding steroid dienone is 1. The molecule has 0 spiro atoms. The summed E-state index contributed by atoms with van der Waals surface area (Å²) >= 11 is 13.6. The van der Waals surface area contributed by atoms with Gasteiger partial charge in [-0.05, 0) is 42.8 Å². The minimum Gasteiger partial charge on any atom is -0.488 e. The summed E-state index contributed by atoms with van der Waals surface area (Å²) in [6.07, 6.45) is 1.78. The number of rotatable bonds is 6. The van der Waals surface area contributed by atoms with Gasteiger partial charge in [0.05, 0.1) is 29.0 Å². The maximum atomic E-state index is 13.8. The molecule has 4 aromatic rings. The van der Waals surface area contributed by atoms with Gasteiger partial charge < -0.3 is 9.47 Å². The van der Waals surface area contributed by atoms with E-state index in [1.807, 2.05) is 48.5 Å². The topological polar surface area (TPSA) is 69.9 Å². The molecule has 38 heavy (non-hydrogen) atoms. The molecule has 0 amide bonds. The summed E-state index contributed by atoms with van der Waals surface area (Å²) in [5.74, 6) is 0.0673. The van der Waals surface area contributed by atoms with Gasteiger partial charge >= 0.3 is 5.97 Å². The van der Waals surface area contributed by atoms with E-state index in [0.717, 1.165) is 16.7 Å². The zero-order valence-electron chi connectivity index (χ0n) is 20.5. The lowest BCUT2D eigenvalue weighted by atomic mass is 9.96. The molecule has 9 heteroatoms. The van der Waals surface area contributed by atoms with Crippen LogP contribution in [0.4, 0.5) is 0 Å². The van der Waals surface area contributed by atoms with E-state index in [1.165, 1.54) is 23.0 Å². The standard InChI is InChI=1S/C29H22Cl2N2O4S/c1-17-25(28(35)36-2)26(18-11-13-21(30)14-12-18)33-27(34)24(38-29(33)32-17)15-19-7-4-6-10-23(19)37-16-20-8-3-5-9-22(20)31/h3-15,26H,16H2,1-2H3/b24-15-/t26-/m1/s1. The number of carbonyl (C=O) groups is 1. The number of halogens is 2. The molecule has 6 nitrogen and oxygen atoms in total. The smallest absolute Gasteiger partial charge is 0.338 e. The van der Waals surface area contributed by atoms with Crippen LogP contribution in [0.1, 0.15) is 29.7 Å². The van der Waals surface area contributed by atoms with Gasteiger partial charge in [0.25, 0.3) is 5.56 Å². The molecule has 1 aliphatic heterocycles. The van der Waals surface area contributed by atoms with Crippen LogP contribution in [0, 0.1) is 0 Å². The molecule has 0 aliphatic carbocycles. The number of fused-ring (bicyclic) bond motifs is 1. The Bertz CT molecular complexity index is 1740. The van der Waals surface area contributed by atoms with E-state index in [1.54, 1.807) is 37.3 Å². The Balaban J connectivity index is 1.60. The Morgan fingerprint density at radius 3 is 2.50 bits per heavy atom. The molecular weight excluding hydrogens is 543 g/mol. The van der Waals surface area contributed by atoms with Crippen molar-refractivity contribution in [3.05, 3.63) is 130 Å². The SMILES string of the molecule is COC(=O)C1=C(C)N=c2s/c(=C\c3ccccc3OCc3ccccc3Cl)c(=O)n2[C@@H]1c1ccc(Cl)cc1. The van der Waals surface area contributed by atoms with Crippen molar-refractivity contribution in [1.29, 1.82) is 0 Å². The van der Waals surface area contributed by atoms with Crippen LogP contribution in [0.2, 0.25) is 10.0 Å². The highest BCUT2D eigenvalue weighted by atomic mass is 35.5. The van der Waals surface area contributed by atoms with E-state index in [-0.39, 0.29) is 12.2 Å². The number of ether oxygens (including phenoxy) is 2. The molecule has 0 fully saturated rings. The van der Waals surface area contributed by atoms with Gasteiger partial charge in [0.1, 0.15) is 12.4 Å². The van der Waals surface area contributed by atoms with E-state index in [9.17, 15) is 9.59 Å². The first-order valence-corrected chi connectivity index (χ1v) is 13.3. The average Bonchev–Trinajstić information content (AvgIpc) is 3.22. The predicted octanol–water partition coefficient (Wildman–Crippen LogP) is 5.29. The van der Waals surface area contributed by atoms with Crippen molar-refractivity contribution in [1.82, 2.24) is 4.57 Å². The van der Waals surface area contributed by atoms with Crippen LogP contribution in [0.15, 0.2) is 93.9 Å². The minimum atomic E-state index is -0.704. The van der Waals surface area contributed by atoms with E-state index in [2.05, 4.69) is 4.99 Å². The zero-order valence-corrected chi connectivity index (χ0v) is 22.8. The van der Waals surface area contributed by atoms with Gasteiger partial charge in [-0.15, -0.1) is 0 Å². The summed E-state index contributed by atoms with van der Waals surface area (Å²) in [5, 5.41) is 1.17. The number of methoxy groups -OCH3 is 1. The first-order chi connectivity index (χ1) is 18.4. The molecule has 1 aromatic heterocycles. The third kappa shape index (κ3) is 5.05. The van der Waals surface area contributed by atoms with E-state index >= 15 is 0 Å². The van der Waals surface area contributed by atoms with Crippen molar-refractivity contribution in [2.75, 3.05) is 7.11 Å². The van der Waals surface area contributed by atoms with E-state index in [4.69, 9.17) is 32.7 Å². The number of benzene rings is 3. The molecule has 192 valence electrons. The second kappa shape index (κ2) is 11.0. The summed E-state index contributed by atoms with van der Waals surface area (Å²) in [6, 6.07) is 21.3. The number of para-hydroxylation sites is 1. The molecule has 1 atom stereocenters. The molecule has 5 rings (SSSR count). The summed E-state index contributed by atoms with van der Waals surface area (Å²) in [4.78, 5) is 31.7. The van der Waals surface area contributed by atoms with Crippen LogP contribution in [-0.2, 0) is 16.1 Å². The number of thiazole rings is 1. The van der Waals surface area contributed by atoms with Crippen molar-refractivity contribution in [3.8, 4) is 5.75 Å². The molecule has 1 aliphatic rings. The lowest BCUT2D eigenvalue weighted by Crippen LogP contribution is -2.39. The van der Waals surface area contributed by atoms with Crippen LogP contribution < -0.4 is 19.6 Å². The molecular formula is C29H22Cl2N2O4S. The molecule has 3 aromatic carbocycles. The molecule has 0 N–H and O–H groups in total. The fourth-order valence-corrected chi connectivity index (χ4v) is 5.65. The van der Waals surface area contributed by atoms with Crippen LogP contribution in [0.25, 0.3) is 6.08 Å². The van der Waals surface area contributed by atoms with Crippen LogP contribution in [0.3, 0.4) is 0 Å². The number of hydrogen-bond acceptors (Lipinski definition) is 6. The monoisotopic (exact) mass is 564 g/mol. The highest BCUT2D eigenvalue weighted by molar-refractivity contribution is 7.07. The third-order valence-electron chi connectivity index (χ3n) is 6.16. The number of esters is 1. The van der Waals surface area contributed by atoms with Gasteiger partial charge in [-0.1, -0.05) is 83.1 Å². The lowest BCUT2D eigenvalue weighted by Gasteiger charge is -2.24. The maximum Gasteiger partial charge on any atom is 0.338 e. The van der Waals surface area contributed by atoms with Crippen molar-refractivity contribution in [3.63, 3.8) is 0 Å².